The Balaban J connectivity index is 1.82. The van der Waals surface area contributed by atoms with E-state index in [0.717, 1.165) is 28.6 Å². The number of fused-ring (bicyclic) bond motifs is 1. The van der Waals surface area contributed by atoms with E-state index in [1.54, 1.807) is 0 Å². The number of pyridine rings is 1. The van der Waals surface area contributed by atoms with E-state index in [2.05, 4.69) is 32.7 Å². The van der Waals surface area contributed by atoms with Crippen LogP contribution >= 0.6 is 27.7 Å². The second-order valence-electron chi connectivity index (χ2n) is 6.62. The SMILES string of the molecule is CCOc1cc([C@H]2[C@@H](c3ccccn3)N=C3SC[C@@H](CC)N32)cc(Br)c1O. The summed E-state index contributed by atoms with van der Waals surface area (Å²) in [6.07, 6.45) is 2.88. The molecular formula is C20H22BrN3O2S. The summed E-state index contributed by atoms with van der Waals surface area (Å²) in [6, 6.07) is 10.3. The molecule has 0 unspecified atom stereocenters. The molecule has 4 rings (SSSR count). The van der Waals surface area contributed by atoms with Gasteiger partial charge in [0.25, 0.3) is 0 Å². The Morgan fingerprint density at radius 3 is 2.89 bits per heavy atom. The minimum absolute atomic E-state index is 0.0333. The number of amidine groups is 1. The molecule has 2 aliphatic rings. The van der Waals surface area contributed by atoms with Crippen molar-refractivity contribution in [3.05, 3.63) is 52.3 Å². The number of benzene rings is 1. The van der Waals surface area contributed by atoms with Crippen molar-refractivity contribution in [2.24, 2.45) is 4.99 Å². The molecule has 1 saturated heterocycles. The third kappa shape index (κ3) is 3.31. The molecule has 3 heterocycles. The van der Waals surface area contributed by atoms with Crippen LogP contribution in [-0.4, -0.2) is 38.6 Å². The Hall–Kier alpha value is -1.73. The van der Waals surface area contributed by atoms with Gasteiger partial charge in [-0.1, -0.05) is 24.8 Å². The first kappa shape index (κ1) is 18.6. The highest BCUT2D eigenvalue weighted by molar-refractivity contribution is 9.10. The molecule has 142 valence electrons. The Bertz CT molecular complexity index is 862. The van der Waals surface area contributed by atoms with Crippen LogP contribution in [0, 0.1) is 0 Å². The van der Waals surface area contributed by atoms with Crippen LogP contribution in [0.4, 0.5) is 0 Å². The summed E-state index contributed by atoms with van der Waals surface area (Å²) in [4.78, 5) is 12.0. The van der Waals surface area contributed by atoms with E-state index in [9.17, 15) is 5.11 Å². The maximum atomic E-state index is 10.3. The third-order valence-electron chi connectivity index (χ3n) is 5.02. The lowest BCUT2D eigenvalue weighted by Gasteiger charge is -2.32. The third-order valence-corrected chi connectivity index (χ3v) is 6.75. The van der Waals surface area contributed by atoms with Crippen LogP contribution in [-0.2, 0) is 0 Å². The quantitative estimate of drug-likeness (QED) is 0.703. The highest BCUT2D eigenvalue weighted by Gasteiger charge is 2.45. The van der Waals surface area contributed by atoms with Crippen LogP contribution in [0.5, 0.6) is 11.5 Å². The van der Waals surface area contributed by atoms with Crippen molar-refractivity contribution >= 4 is 32.9 Å². The number of aromatic nitrogens is 1. The van der Waals surface area contributed by atoms with Gasteiger partial charge in [-0.2, -0.15) is 0 Å². The molecule has 1 fully saturated rings. The van der Waals surface area contributed by atoms with Crippen LogP contribution < -0.4 is 4.74 Å². The lowest BCUT2D eigenvalue weighted by atomic mass is 9.95. The predicted octanol–water partition coefficient (Wildman–Crippen LogP) is 4.93. The van der Waals surface area contributed by atoms with Crippen LogP contribution in [0.3, 0.4) is 0 Å². The number of ether oxygens (including phenoxy) is 1. The van der Waals surface area contributed by atoms with Crippen molar-refractivity contribution in [2.45, 2.75) is 38.4 Å². The summed E-state index contributed by atoms with van der Waals surface area (Å²) in [5.74, 6) is 1.69. The number of rotatable bonds is 5. The van der Waals surface area contributed by atoms with Crippen molar-refractivity contribution < 1.29 is 9.84 Å². The fourth-order valence-electron chi connectivity index (χ4n) is 3.74. The lowest BCUT2D eigenvalue weighted by Crippen LogP contribution is -2.35. The molecule has 2 aliphatic heterocycles. The molecule has 0 saturated carbocycles. The van der Waals surface area contributed by atoms with E-state index in [-0.39, 0.29) is 17.8 Å². The van der Waals surface area contributed by atoms with Crippen molar-refractivity contribution in [2.75, 3.05) is 12.4 Å². The van der Waals surface area contributed by atoms with Gasteiger partial charge in [0.15, 0.2) is 16.7 Å². The fourth-order valence-corrected chi connectivity index (χ4v) is 5.54. The molecule has 0 amide bonds. The van der Waals surface area contributed by atoms with Gasteiger partial charge in [-0.15, -0.1) is 0 Å². The van der Waals surface area contributed by atoms with Gasteiger partial charge in [-0.05, 0) is 59.1 Å². The molecule has 27 heavy (non-hydrogen) atoms. The highest BCUT2D eigenvalue weighted by Crippen LogP contribution is 2.50. The van der Waals surface area contributed by atoms with Gasteiger partial charge >= 0.3 is 0 Å². The van der Waals surface area contributed by atoms with Crippen LogP contribution in [0.1, 0.15) is 43.6 Å². The first-order valence-corrected chi connectivity index (χ1v) is 11.0. The first-order chi connectivity index (χ1) is 13.1. The summed E-state index contributed by atoms with van der Waals surface area (Å²) in [6.45, 7) is 4.63. The van der Waals surface area contributed by atoms with Gasteiger partial charge in [0.2, 0.25) is 0 Å². The number of thioether (sulfide) groups is 1. The van der Waals surface area contributed by atoms with Gasteiger partial charge in [0.05, 0.1) is 22.8 Å². The first-order valence-electron chi connectivity index (χ1n) is 9.19. The largest absolute Gasteiger partial charge is 0.503 e. The van der Waals surface area contributed by atoms with Crippen molar-refractivity contribution in [1.29, 1.82) is 0 Å². The second-order valence-corrected chi connectivity index (χ2v) is 8.46. The number of hydrogen-bond acceptors (Lipinski definition) is 6. The molecular weight excluding hydrogens is 426 g/mol. The topological polar surface area (TPSA) is 58.0 Å². The number of nitrogens with zero attached hydrogens (tertiary/aromatic N) is 3. The number of aromatic hydroxyl groups is 1. The van der Waals surface area contributed by atoms with Crippen molar-refractivity contribution in [1.82, 2.24) is 9.88 Å². The predicted molar refractivity (Wildman–Crippen MR) is 113 cm³/mol. The van der Waals surface area contributed by atoms with Crippen LogP contribution in [0.25, 0.3) is 0 Å². The number of hydrogen-bond donors (Lipinski definition) is 1. The summed E-state index contributed by atoms with van der Waals surface area (Å²) >= 11 is 5.31. The van der Waals surface area contributed by atoms with E-state index >= 15 is 0 Å². The van der Waals surface area contributed by atoms with E-state index < -0.39 is 0 Å². The molecule has 5 nitrogen and oxygen atoms in total. The Labute approximate surface area is 172 Å². The van der Waals surface area contributed by atoms with Crippen LogP contribution in [0.15, 0.2) is 46.0 Å². The average molecular weight is 448 g/mol. The molecule has 3 atom stereocenters. The van der Waals surface area contributed by atoms with Crippen molar-refractivity contribution in [3.8, 4) is 11.5 Å². The van der Waals surface area contributed by atoms with Gasteiger partial charge < -0.3 is 14.7 Å². The molecule has 1 aromatic carbocycles. The van der Waals surface area contributed by atoms with E-state index in [1.807, 2.05) is 55.2 Å². The summed E-state index contributed by atoms with van der Waals surface area (Å²) in [7, 11) is 0. The van der Waals surface area contributed by atoms with Gasteiger partial charge in [-0.3, -0.25) is 9.98 Å². The van der Waals surface area contributed by atoms with E-state index in [0.29, 0.717) is 22.9 Å². The highest BCUT2D eigenvalue weighted by atomic mass is 79.9. The molecule has 0 bridgehead atoms. The Kier molecular flexibility index (Phi) is 5.32. The number of halogens is 1. The maximum Gasteiger partial charge on any atom is 0.172 e. The normalized spacial score (nSPS) is 24.0. The lowest BCUT2D eigenvalue weighted by molar-refractivity contribution is 0.253. The van der Waals surface area contributed by atoms with E-state index in [1.165, 1.54) is 0 Å². The van der Waals surface area contributed by atoms with Crippen LogP contribution in [0.2, 0.25) is 0 Å². The zero-order valence-electron chi connectivity index (χ0n) is 15.3. The zero-order valence-corrected chi connectivity index (χ0v) is 17.7. The molecule has 2 aromatic rings. The number of aliphatic imine (C=N–C) groups is 1. The summed E-state index contributed by atoms with van der Waals surface area (Å²) in [5.41, 5.74) is 2.03. The Morgan fingerprint density at radius 1 is 1.33 bits per heavy atom. The number of phenols is 1. The molecule has 7 heteroatoms. The molecule has 0 spiro atoms. The number of phenolic OH excluding ortho intramolecular Hbond substituents is 1. The second kappa shape index (κ2) is 7.72. The van der Waals surface area contributed by atoms with Gasteiger partial charge in [-0.25, -0.2) is 0 Å². The van der Waals surface area contributed by atoms with Gasteiger partial charge in [0, 0.05) is 18.0 Å². The monoisotopic (exact) mass is 447 g/mol. The molecule has 1 N–H and O–H groups in total. The van der Waals surface area contributed by atoms with Crippen molar-refractivity contribution in [3.63, 3.8) is 0 Å². The smallest absolute Gasteiger partial charge is 0.172 e. The molecule has 1 aromatic heterocycles. The minimum Gasteiger partial charge on any atom is -0.503 e. The summed E-state index contributed by atoms with van der Waals surface area (Å²) in [5, 5.41) is 11.4. The Morgan fingerprint density at radius 2 is 2.19 bits per heavy atom. The van der Waals surface area contributed by atoms with E-state index in [4.69, 9.17) is 9.73 Å². The fraction of sp³-hybridized carbons (Fsp3) is 0.400. The molecule has 0 aliphatic carbocycles. The standard InChI is InChI=1S/C20H22BrN3O2S/c1-3-13-11-27-20-23-17(15-7-5-6-8-22-15)18(24(13)20)12-9-14(21)19(25)16(10-12)26-4-2/h5-10,13,17-18,25H,3-4,11H2,1-2H3/t13-,17-,18+/m1/s1. The maximum absolute atomic E-state index is 10.3. The van der Waals surface area contributed by atoms with Gasteiger partial charge in [0.1, 0.15) is 6.04 Å². The summed E-state index contributed by atoms with van der Waals surface area (Å²) < 4.78 is 6.30. The average Bonchev–Trinajstić information content (AvgIpc) is 3.25. The zero-order chi connectivity index (χ0) is 19.0. The molecule has 0 radical (unpaired) electrons. The minimum atomic E-state index is -0.0750.